The van der Waals surface area contributed by atoms with E-state index in [0.717, 1.165) is 32.2 Å². The summed E-state index contributed by atoms with van der Waals surface area (Å²) in [7, 11) is 0. The summed E-state index contributed by atoms with van der Waals surface area (Å²) < 4.78 is 0.979. The molecule has 4 rings (SSSR count). The molecule has 0 radical (unpaired) electrons. The standard InChI is InChI=1S/C19H15BrN6O/c1-11(27)24-16-5-12(14-9-22-23-10-14)6-17(7-16)25-19-21-8-13-4-15(20)2-3-18(13)26-19/h2-10H,1H3,(H,22,23)(H,24,27)(H,21,25,26). The van der Waals surface area contributed by atoms with Crippen molar-refractivity contribution in [2.75, 3.05) is 10.6 Å². The zero-order chi connectivity index (χ0) is 18.8. The highest BCUT2D eigenvalue weighted by atomic mass is 79.9. The van der Waals surface area contributed by atoms with Gasteiger partial charge in [-0.2, -0.15) is 5.10 Å². The van der Waals surface area contributed by atoms with E-state index < -0.39 is 0 Å². The molecule has 0 spiro atoms. The average molecular weight is 423 g/mol. The molecule has 0 fully saturated rings. The van der Waals surface area contributed by atoms with E-state index in [9.17, 15) is 4.79 Å². The van der Waals surface area contributed by atoms with Crippen LogP contribution in [-0.4, -0.2) is 26.1 Å². The third-order valence-electron chi connectivity index (χ3n) is 3.88. The number of hydrogen-bond acceptors (Lipinski definition) is 5. The number of rotatable bonds is 4. The van der Waals surface area contributed by atoms with Gasteiger partial charge in [0.1, 0.15) is 0 Å². The quantitative estimate of drug-likeness (QED) is 0.450. The molecule has 0 saturated carbocycles. The monoisotopic (exact) mass is 422 g/mol. The molecule has 0 unspecified atom stereocenters. The number of anilines is 3. The van der Waals surface area contributed by atoms with Crippen LogP contribution in [0, 0.1) is 0 Å². The van der Waals surface area contributed by atoms with E-state index >= 15 is 0 Å². The maximum Gasteiger partial charge on any atom is 0.227 e. The summed E-state index contributed by atoms with van der Waals surface area (Å²) in [5.41, 5.74) is 4.09. The van der Waals surface area contributed by atoms with Crippen LogP contribution in [0.15, 0.2) is 59.5 Å². The van der Waals surface area contributed by atoms with Gasteiger partial charge in [-0.1, -0.05) is 15.9 Å². The van der Waals surface area contributed by atoms with Gasteiger partial charge in [0.05, 0.1) is 11.7 Å². The van der Waals surface area contributed by atoms with Crippen LogP contribution in [0.1, 0.15) is 6.92 Å². The van der Waals surface area contributed by atoms with Gasteiger partial charge in [-0.15, -0.1) is 0 Å². The third kappa shape index (κ3) is 3.95. The summed E-state index contributed by atoms with van der Waals surface area (Å²) in [6.07, 6.45) is 5.28. The predicted molar refractivity (Wildman–Crippen MR) is 109 cm³/mol. The summed E-state index contributed by atoms with van der Waals surface area (Å²) in [6.45, 7) is 1.47. The molecular formula is C19H15BrN6O. The fourth-order valence-corrected chi connectivity index (χ4v) is 3.12. The van der Waals surface area contributed by atoms with E-state index in [2.05, 4.69) is 46.7 Å². The lowest BCUT2D eigenvalue weighted by atomic mass is 10.1. The fourth-order valence-electron chi connectivity index (χ4n) is 2.74. The molecule has 4 aromatic rings. The normalized spacial score (nSPS) is 10.7. The first kappa shape index (κ1) is 17.2. The maximum atomic E-state index is 11.5. The van der Waals surface area contributed by atoms with E-state index in [1.807, 2.05) is 36.4 Å². The van der Waals surface area contributed by atoms with Gasteiger partial charge in [-0.3, -0.25) is 9.89 Å². The number of halogens is 1. The summed E-state index contributed by atoms with van der Waals surface area (Å²) >= 11 is 3.45. The highest BCUT2D eigenvalue weighted by Gasteiger charge is 2.08. The summed E-state index contributed by atoms with van der Waals surface area (Å²) in [5, 5.41) is 13.7. The number of hydrogen-bond donors (Lipinski definition) is 3. The Morgan fingerprint density at radius 1 is 1.07 bits per heavy atom. The molecule has 0 saturated heterocycles. The van der Waals surface area contributed by atoms with Gasteiger partial charge in [0, 0.05) is 46.1 Å². The van der Waals surface area contributed by atoms with Crippen LogP contribution >= 0.6 is 15.9 Å². The number of amides is 1. The molecule has 0 bridgehead atoms. The van der Waals surface area contributed by atoms with Crippen molar-refractivity contribution in [3.05, 3.63) is 59.5 Å². The SMILES string of the molecule is CC(=O)Nc1cc(Nc2ncc3cc(Br)ccc3n2)cc(-c2cn[nH]c2)c1. The van der Waals surface area contributed by atoms with E-state index in [1.165, 1.54) is 6.92 Å². The Bertz CT molecular complexity index is 1130. The van der Waals surface area contributed by atoms with Gasteiger partial charge in [0.2, 0.25) is 11.9 Å². The predicted octanol–water partition coefficient (Wildman–Crippen LogP) is 4.48. The first-order valence-corrected chi connectivity index (χ1v) is 8.97. The second-order valence-corrected chi connectivity index (χ2v) is 6.90. The van der Waals surface area contributed by atoms with Crippen molar-refractivity contribution in [3.63, 3.8) is 0 Å². The fraction of sp³-hybridized carbons (Fsp3) is 0.0526. The molecule has 0 aliphatic heterocycles. The number of aromatic nitrogens is 4. The lowest BCUT2D eigenvalue weighted by Crippen LogP contribution is -2.06. The molecule has 3 N–H and O–H groups in total. The van der Waals surface area contributed by atoms with Gasteiger partial charge in [-0.05, 0) is 42.0 Å². The molecule has 27 heavy (non-hydrogen) atoms. The number of H-pyrrole nitrogens is 1. The Hall–Kier alpha value is -3.26. The van der Waals surface area contributed by atoms with E-state index in [4.69, 9.17) is 0 Å². The van der Waals surface area contributed by atoms with Gasteiger partial charge in [0.25, 0.3) is 0 Å². The topological polar surface area (TPSA) is 95.6 Å². The Kier molecular flexibility index (Phi) is 4.55. The van der Waals surface area contributed by atoms with Crippen LogP contribution in [0.5, 0.6) is 0 Å². The van der Waals surface area contributed by atoms with Gasteiger partial charge in [0.15, 0.2) is 0 Å². The largest absolute Gasteiger partial charge is 0.326 e. The highest BCUT2D eigenvalue weighted by Crippen LogP contribution is 2.28. The lowest BCUT2D eigenvalue weighted by molar-refractivity contribution is -0.114. The number of aromatic amines is 1. The molecule has 1 amide bonds. The van der Waals surface area contributed by atoms with E-state index in [1.54, 1.807) is 18.6 Å². The Balaban J connectivity index is 1.71. The van der Waals surface area contributed by atoms with Crippen molar-refractivity contribution in [1.29, 1.82) is 0 Å². The van der Waals surface area contributed by atoms with Crippen molar-refractivity contribution in [1.82, 2.24) is 20.2 Å². The number of carbonyl (C=O) groups excluding carboxylic acids is 1. The summed E-state index contributed by atoms with van der Waals surface area (Å²) in [4.78, 5) is 20.4. The lowest BCUT2D eigenvalue weighted by Gasteiger charge is -2.11. The van der Waals surface area contributed by atoms with Crippen molar-refractivity contribution >= 4 is 50.1 Å². The summed E-state index contributed by atoms with van der Waals surface area (Å²) in [5.74, 6) is 0.334. The minimum Gasteiger partial charge on any atom is -0.326 e. The molecule has 2 aromatic heterocycles. The second kappa shape index (κ2) is 7.16. The number of benzene rings is 2. The third-order valence-corrected chi connectivity index (χ3v) is 4.38. The molecular weight excluding hydrogens is 408 g/mol. The molecule has 134 valence electrons. The second-order valence-electron chi connectivity index (χ2n) is 5.99. The zero-order valence-corrected chi connectivity index (χ0v) is 15.9. The highest BCUT2D eigenvalue weighted by molar-refractivity contribution is 9.10. The number of nitrogens with one attached hydrogen (secondary N) is 3. The first-order chi connectivity index (χ1) is 13.1. The summed E-state index contributed by atoms with van der Waals surface area (Å²) in [6, 6.07) is 11.5. The van der Waals surface area contributed by atoms with Crippen LogP contribution in [0.3, 0.4) is 0 Å². The molecule has 7 nitrogen and oxygen atoms in total. The van der Waals surface area contributed by atoms with E-state index in [0.29, 0.717) is 11.6 Å². The van der Waals surface area contributed by atoms with Gasteiger partial charge in [-0.25, -0.2) is 9.97 Å². The van der Waals surface area contributed by atoms with Crippen molar-refractivity contribution in [2.45, 2.75) is 6.92 Å². The van der Waals surface area contributed by atoms with Crippen LogP contribution in [0.2, 0.25) is 0 Å². The Morgan fingerprint density at radius 2 is 1.93 bits per heavy atom. The van der Waals surface area contributed by atoms with Gasteiger partial charge >= 0.3 is 0 Å². The molecule has 0 atom stereocenters. The number of nitrogens with zero attached hydrogens (tertiary/aromatic N) is 3. The molecule has 0 aliphatic rings. The van der Waals surface area contributed by atoms with Crippen molar-refractivity contribution in [2.24, 2.45) is 0 Å². The molecule has 2 aromatic carbocycles. The Morgan fingerprint density at radius 3 is 2.70 bits per heavy atom. The molecule has 0 aliphatic carbocycles. The smallest absolute Gasteiger partial charge is 0.227 e. The average Bonchev–Trinajstić information content (AvgIpc) is 3.16. The van der Waals surface area contributed by atoms with Crippen molar-refractivity contribution in [3.8, 4) is 11.1 Å². The van der Waals surface area contributed by atoms with Crippen LogP contribution in [0.4, 0.5) is 17.3 Å². The number of fused-ring (bicyclic) bond motifs is 1. The van der Waals surface area contributed by atoms with Crippen LogP contribution in [0.25, 0.3) is 22.0 Å². The molecule has 2 heterocycles. The van der Waals surface area contributed by atoms with Crippen molar-refractivity contribution < 1.29 is 4.79 Å². The first-order valence-electron chi connectivity index (χ1n) is 8.18. The molecule has 8 heteroatoms. The van der Waals surface area contributed by atoms with E-state index in [-0.39, 0.29) is 5.91 Å². The van der Waals surface area contributed by atoms with Gasteiger partial charge < -0.3 is 10.6 Å². The van der Waals surface area contributed by atoms with Crippen LogP contribution in [-0.2, 0) is 4.79 Å². The minimum atomic E-state index is -0.141. The number of carbonyl (C=O) groups is 1. The van der Waals surface area contributed by atoms with Crippen LogP contribution < -0.4 is 10.6 Å². The minimum absolute atomic E-state index is 0.141. The zero-order valence-electron chi connectivity index (χ0n) is 14.3. The Labute approximate surface area is 163 Å². The maximum absolute atomic E-state index is 11.5.